The number of amides is 4. The van der Waals surface area contributed by atoms with Crippen molar-refractivity contribution in [3.8, 4) is 11.5 Å². The van der Waals surface area contributed by atoms with E-state index >= 15 is 0 Å². The van der Waals surface area contributed by atoms with Crippen LogP contribution in [0.2, 0.25) is 0 Å². The standard InChI is InChI=1S/C70H93N13O13.2C2H4O2.Lu/c1-11-50-51(12-2)55-36-57-53(17-14-21-85)46(4)61(79-57)40-73-59-38-66(65(95-30-28-92-25-24-91-23-22-90-10)37-58(59)72-39-60-45(3)52(16-13-20-84)56(78-60)35-54(50)77-55)96-31-29-93-26-27-94-44-67(86)74-47-32-63(82(8)41-47)69(88)76-49-34-64(83(9)43-49)70(89)75-48-33-62(81(7)42-48)68(87)71-18-15-19-80(5)6;2*1-2(3)4;/h32-43,84-85H,11-31,44H2,1-10H3,(H5,71,72,73,74,75,76,77,78,79,86,87,88,89);2*1H3,(H,3,4);/q;;;+3/p-3. The summed E-state index contributed by atoms with van der Waals surface area (Å²) < 4.78 is 45.5. The minimum absolute atomic E-state index is 0. The number of methoxy groups -OCH3 is 1. The van der Waals surface area contributed by atoms with Crippen LogP contribution in [-0.2, 0) is 72.1 Å². The van der Waals surface area contributed by atoms with E-state index in [0.717, 1.165) is 95.5 Å². The summed E-state index contributed by atoms with van der Waals surface area (Å²) in [7, 11) is 10.6. The van der Waals surface area contributed by atoms with Gasteiger partial charge in [-0.05, 0) is 134 Å². The van der Waals surface area contributed by atoms with Gasteiger partial charge in [0.15, 0.2) is 11.5 Å². The Bertz CT molecular complexity index is 4170. The number of allylic oxidation sites excluding steroid dienone is 4. The number of anilines is 3. The molecule has 105 heavy (non-hydrogen) atoms. The molecule has 5 aromatic heterocycles. The van der Waals surface area contributed by atoms with E-state index < -0.39 is 29.7 Å². The normalized spacial score (nSPS) is 11.6. The number of aryl methyl sites for hydroxylation is 5. The molecule has 576 valence electrons. The Morgan fingerprint density at radius 2 is 0.933 bits per heavy atom. The molecule has 0 fully saturated rings. The molecular weight excluding hydrogens is 1520 g/mol. The zero-order chi connectivity index (χ0) is 75.8. The van der Waals surface area contributed by atoms with Crippen molar-refractivity contribution in [3.63, 3.8) is 0 Å². The Hall–Kier alpha value is -8.69. The van der Waals surface area contributed by atoms with Gasteiger partial charge in [-0.2, -0.15) is 0 Å². The van der Waals surface area contributed by atoms with E-state index in [4.69, 9.17) is 77.9 Å². The van der Waals surface area contributed by atoms with Gasteiger partial charge in [0.25, 0.3) is 17.7 Å². The number of carbonyl (C=O) groups excluding carboxylic acids is 6. The molecule has 30 nitrogen and oxygen atoms in total. The Morgan fingerprint density at radius 3 is 1.33 bits per heavy atom. The average molecular weight is 1620 g/mol. The predicted molar refractivity (Wildman–Crippen MR) is 390 cm³/mol. The monoisotopic (exact) mass is 1620 g/mol. The van der Waals surface area contributed by atoms with E-state index in [-0.39, 0.29) is 114 Å². The molecule has 0 saturated heterocycles. The number of rotatable bonds is 37. The minimum Gasteiger partial charge on any atom is -0.657 e. The minimum atomic E-state index is -1.08. The number of benzene rings is 1. The van der Waals surface area contributed by atoms with Crippen molar-refractivity contribution in [1.82, 2.24) is 48.8 Å². The Kier molecular flexibility index (Phi) is 37.2. The predicted octanol–water partition coefficient (Wildman–Crippen LogP) is 5.32. The molecule has 7 heterocycles. The number of aliphatic hydroxyl groups is 2. The fraction of sp³-hybridized carbons (Fsp3) is 0.459. The smallest absolute Gasteiger partial charge is 0.657 e. The van der Waals surface area contributed by atoms with Gasteiger partial charge in [-0.1, -0.05) is 37.1 Å². The molecule has 0 spiro atoms. The van der Waals surface area contributed by atoms with Crippen LogP contribution in [0.1, 0.15) is 139 Å². The molecule has 0 saturated carbocycles. The third kappa shape index (κ3) is 27.3. The first kappa shape index (κ1) is 87.0. The van der Waals surface area contributed by atoms with E-state index in [2.05, 4.69) is 35.1 Å². The third-order valence-corrected chi connectivity index (χ3v) is 16.1. The van der Waals surface area contributed by atoms with Crippen LogP contribution in [0.15, 0.2) is 73.4 Å². The quantitative estimate of drug-likeness (QED) is 0.0269. The molecule has 6 N–H and O–H groups in total. The second kappa shape index (κ2) is 45.0. The summed E-state index contributed by atoms with van der Waals surface area (Å²) in [4.78, 5) is 98.1. The van der Waals surface area contributed by atoms with Crippen LogP contribution >= 0.6 is 0 Å². The second-order valence-electron chi connectivity index (χ2n) is 24.4. The molecule has 2 aliphatic rings. The van der Waals surface area contributed by atoms with E-state index in [0.29, 0.717) is 115 Å². The molecule has 2 aliphatic heterocycles. The van der Waals surface area contributed by atoms with Gasteiger partial charge in [0, 0.05) is 90.7 Å². The summed E-state index contributed by atoms with van der Waals surface area (Å²) in [5.74, 6) is -3.03. The van der Waals surface area contributed by atoms with Crippen LogP contribution in [0.25, 0.3) is 44.4 Å². The molecule has 0 aliphatic carbocycles. The number of aliphatic hydroxyl groups excluding tert-OH is 2. The van der Waals surface area contributed by atoms with Crippen molar-refractivity contribution in [2.24, 2.45) is 21.1 Å². The first-order valence-electron chi connectivity index (χ1n) is 34.3. The molecule has 8 rings (SSSR count). The number of nitrogens with one attached hydrogen (secondary N) is 4. The fourth-order valence-corrected chi connectivity index (χ4v) is 11.1. The van der Waals surface area contributed by atoms with Gasteiger partial charge in [-0.25, -0.2) is 9.97 Å². The molecule has 0 radical (unpaired) electrons. The van der Waals surface area contributed by atoms with Crippen LogP contribution in [0.5, 0.6) is 11.5 Å². The number of aromatic nitrogens is 8. The van der Waals surface area contributed by atoms with Gasteiger partial charge in [0.05, 0.1) is 116 Å². The third-order valence-electron chi connectivity index (χ3n) is 16.1. The molecule has 0 atom stereocenters. The SMILES string of the molecule is CC(=O)[O-].CC(=O)[O-].CCc1c(CC)c2cc3nc(cnc4cc(OCCOCCOCC(=O)Nc5cc(C(=O)Nc6cc(C(=O)Nc7cc(C(=O)NCCCN(C)C)n(C)c7)n(C)c6)n(C)c5)c(OCCOCCOCCOC)cc4ncc4nc(cc1[n-]2)C(CCCO)=C4C)C(C)=C3CCCO.[Lu+3]. The molecule has 1 aromatic carbocycles. The number of ether oxygens (including phenoxy) is 7. The summed E-state index contributed by atoms with van der Waals surface area (Å²) in [6.45, 7) is 13.9. The van der Waals surface area contributed by atoms with Crippen LogP contribution in [0.4, 0.5) is 17.1 Å². The second-order valence-corrected chi connectivity index (χ2v) is 24.4. The summed E-state index contributed by atoms with van der Waals surface area (Å²) in [6.07, 6.45) is 12.9. The zero-order valence-corrected chi connectivity index (χ0v) is 63.4. The first-order chi connectivity index (χ1) is 49.9. The van der Waals surface area contributed by atoms with Gasteiger partial charge in [0.2, 0.25) is 5.91 Å². The maximum absolute atomic E-state index is 13.5. The maximum Gasteiger partial charge on any atom is 3.00 e. The van der Waals surface area contributed by atoms with E-state index in [1.807, 2.05) is 45.0 Å². The number of nitrogens with zero attached hydrogens (tertiary/aromatic N) is 9. The van der Waals surface area contributed by atoms with Crippen molar-refractivity contribution >= 4 is 97.0 Å². The number of hydrogen-bond donors (Lipinski definition) is 6. The van der Waals surface area contributed by atoms with Crippen LogP contribution in [0, 0.1) is 36.9 Å². The topological polar surface area (TPSA) is 385 Å². The summed E-state index contributed by atoms with van der Waals surface area (Å²) in [5, 5.41) is 49.1. The van der Waals surface area contributed by atoms with Crippen molar-refractivity contribution in [2.75, 3.05) is 136 Å². The van der Waals surface area contributed by atoms with Gasteiger partial charge < -0.3 is 108 Å². The van der Waals surface area contributed by atoms with Crippen LogP contribution in [-0.4, -0.2) is 205 Å². The van der Waals surface area contributed by atoms with Crippen LogP contribution < -0.4 is 45.9 Å². The molecule has 6 bridgehead atoms. The van der Waals surface area contributed by atoms with Gasteiger partial charge in [-0.15, -0.1) is 11.0 Å². The Morgan fingerprint density at radius 1 is 0.543 bits per heavy atom. The van der Waals surface area contributed by atoms with Crippen molar-refractivity contribution in [2.45, 2.75) is 86.5 Å². The van der Waals surface area contributed by atoms with E-state index in [1.54, 1.807) is 97.2 Å². The summed E-state index contributed by atoms with van der Waals surface area (Å²) in [5.41, 5.74) is 13.7. The van der Waals surface area contributed by atoms with Crippen molar-refractivity contribution in [1.29, 1.82) is 0 Å². The number of carboxylic acid groups (broad SMARTS) is 2. The van der Waals surface area contributed by atoms with E-state index in [9.17, 15) is 29.4 Å². The Labute approximate surface area is 640 Å². The number of aliphatic carboxylic acids is 2. The largest absolute Gasteiger partial charge is 3.00 e. The van der Waals surface area contributed by atoms with Gasteiger partial charge >= 0.3 is 36.9 Å². The molecule has 31 heteroatoms. The van der Waals surface area contributed by atoms with Crippen LogP contribution in [0.3, 0.4) is 0 Å². The number of hydrogen-bond acceptors (Lipinski definition) is 22. The molecule has 0 unspecified atom stereocenters. The summed E-state index contributed by atoms with van der Waals surface area (Å²) >= 11 is 0. The van der Waals surface area contributed by atoms with Gasteiger partial charge in [-0.3, -0.25) is 29.1 Å². The van der Waals surface area contributed by atoms with Crippen molar-refractivity contribution in [3.05, 3.63) is 124 Å². The fourth-order valence-electron chi connectivity index (χ4n) is 11.1. The first-order valence-corrected chi connectivity index (χ1v) is 34.3. The molecular formula is C74H98LuN13O17. The van der Waals surface area contributed by atoms with Crippen molar-refractivity contribution < 1.29 is 119 Å². The summed E-state index contributed by atoms with van der Waals surface area (Å²) in [6, 6.07) is 12.3. The number of fused-ring (bicyclic) bond motifs is 7. The number of carboxylic acids is 2. The van der Waals surface area contributed by atoms with Gasteiger partial charge in [0.1, 0.15) is 36.9 Å². The maximum atomic E-state index is 13.5. The average Bonchev–Trinajstić information content (AvgIpc) is 1.64. The van der Waals surface area contributed by atoms with E-state index in [1.165, 1.54) is 6.07 Å². The Balaban J connectivity index is 0.00000209. The zero-order valence-electron chi connectivity index (χ0n) is 61.8. The molecule has 6 aromatic rings. The number of carbonyl (C=O) groups is 6. The molecule has 4 amide bonds.